The molecule has 0 saturated heterocycles. The van der Waals surface area contributed by atoms with Crippen LogP contribution in [0, 0.1) is 16.0 Å². The second-order valence-corrected chi connectivity index (χ2v) is 5.94. The van der Waals surface area contributed by atoms with Gasteiger partial charge in [-0.15, -0.1) is 0 Å². The first-order valence-corrected chi connectivity index (χ1v) is 7.98. The molecule has 0 saturated carbocycles. The molecule has 138 valence electrons. The van der Waals surface area contributed by atoms with Gasteiger partial charge in [-0.05, 0) is 24.5 Å². The normalized spacial score (nSPS) is 10.4. The molecule has 0 fully saturated rings. The van der Waals surface area contributed by atoms with Gasteiger partial charge in [0.15, 0.2) is 5.75 Å². The van der Waals surface area contributed by atoms with Crippen LogP contribution in [0.15, 0.2) is 18.2 Å². The molecule has 1 amide bonds. The highest BCUT2D eigenvalue weighted by atomic mass is 16.6. The lowest BCUT2D eigenvalue weighted by Gasteiger charge is -2.23. The highest BCUT2D eigenvalue weighted by molar-refractivity contribution is 5.95. The zero-order valence-electron chi connectivity index (χ0n) is 15.0. The molecule has 0 N–H and O–H groups in total. The smallest absolute Gasteiger partial charge is 0.311 e. The number of esters is 1. The Kier molecular flexibility index (Phi) is 7.84. The number of benzene rings is 1. The third kappa shape index (κ3) is 6.06. The lowest BCUT2D eigenvalue weighted by Crippen LogP contribution is -2.34. The maximum absolute atomic E-state index is 12.7. The fraction of sp³-hybridized carbons (Fsp3) is 0.529. The van der Waals surface area contributed by atoms with Gasteiger partial charge < -0.3 is 14.4 Å². The van der Waals surface area contributed by atoms with Crippen molar-refractivity contribution in [3.8, 4) is 5.75 Å². The molecule has 0 spiro atoms. The van der Waals surface area contributed by atoms with Gasteiger partial charge in [-0.25, -0.2) is 0 Å². The number of nitrogens with zero attached hydrogens (tertiary/aromatic N) is 2. The van der Waals surface area contributed by atoms with Gasteiger partial charge in [0.05, 0.1) is 25.6 Å². The molecule has 0 unspecified atom stereocenters. The number of hydrogen-bond acceptors (Lipinski definition) is 6. The van der Waals surface area contributed by atoms with E-state index in [-0.39, 0.29) is 35.9 Å². The number of nitro groups is 1. The van der Waals surface area contributed by atoms with Crippen molar-refractivity contribution >= 4 is 17.6 Å². The molecular weight excluding hydrogens is 328 g/mol. The molecule has 8 nitrogen and oxygen atoms in total. The molecule has 0 bridgehead atoms. The molecule has 0 aliphatic rings. The Morgan fingerprint density at radius 2 is 1.92 bits per heavy atom. The zero-order chi connectivity index (χ0) is 19.0. The average molecular weight is 352 g/mol. The number of rotatable bonds is 9. The lowest BCUT2D eigenvalue weighted by atomic mass is 10.1. The molecule has 8 heteroatoms. The lowest BCUT2D eigenvalue weighted by molar-refractivity contribution is -0.385. The van der Waals surface area contributed by atoms with Crippen LogP contribution in [-0.4, -0.2) is 49.0 Å². The van der Waals surface area contributed by atoms with Gasteiger partial charge in [0.2, 0.25) is 0 Å². The summed E-state index contributed by atoms with van der Waals surface area (Å²) in [5.41, 5.74) is -0.0914. The van der Waals surface area contributed by atoms with Crippen LogP contribution in [0.25, 0.3) is 0 Å². The van der Waals surface area contributed by atoms with E-state index in [0.29, 0.717) is 12.5 Å². The molecule has 0 heterocycles. The van der Waals surface area contributed by atoms with E-state index in [1.165, 1.54) is 37.3 Å². The second kappa shape index (κ2) is 9.61. The molecule has 0 radical (unpaired) electrons. The number of carbonyl (C=O) groups is 2. The van der Waals surface area contributed by atoms with Crippen molar-refractivity contribution in [2.24, 2.45) is 5.92 Å². The van der Waals surface area contributed by atoms with Gasteiger partial charge in [-0.1, -0.05) is 13.8 Å². The zero-order valence-corrected chi connectivity index (χ0v) is 15.0. The Balaban J connectivity index is 3.03. The van der Waals surface area contributed by atoms with Crippen LogP contribution in [0.3, 0.4) is 0 Å². The highest BCUT2D eigenvalue weighted by Crippen LogP contribution is 2.28. The first kappa shape index (κ1) is 20.4. The van der Waals surface area contributed by atoms with Crippen LogP contribution in [0.1, 0.15) is 37.0 Å². The van der Waals surface area contributed by atoms with Crippen molar-refractivity contribution in [3.63, 3.8) is 0 Å². The number of hydrogen-bond donors (Lipinski definition) is 0. The molecule has 0 aliphatic heterocycles. The van der Waals surface area contributed by atoms with E-state index < -0.39 is 10.9 Å². The summed E-state index contributed by atoms with van der Waals surface area (Å²) in [5, 5.41) is 11.1. The van der Waals surface area contributed by atoms with E-state index in [0.717, 1.165) is 6.42 Å². The summed E-state index contributed by atoms with van der Waals surface area (Å²) < 4.78 is 9.56. The van der Waals surface area contributed by atoms with E-state index in [1.54, 1.807) is 0 Å². The van der Waals surface area contributed by atoms with Gasteiger partial charge in [0, 0.05) is 24.7 Å². The summed E-state index contributed by atoms with van der Waals surface area (Å²) in [7, 11) is 2.62. The standard InChI is InChI=1S/C17H24N2O6/c1-12(2)7-9-18(10-8-16(20)25-4)17(21)13-5-6-15(24-3)14(11-13)19(22)23/h5-6,11-12H,7-10H2,1-4H3. The molecule has 0 atom stereocenters. The minimum atomic E-state index is -0.595. The van der Waals surface area contributed by atoms with Gasteiger partial charge in [0.25, 0.3) is 5.91 Å². The van der Waals surface area contributed by atoms with E-state index in [9.17, 15) is 19.7 Å². The third-order valence-corrected chi connectivity index (χ3v) is 3.70. The van der Waals surface area contributed by atoms with E-state index in [4.69, 9.17) is 4.74 Å². The topological polar surface area (TPSA) is 99.0 Å². The molecule has 1 aromatic rings. The number of carbonyl (C=O) groups excluding carboxylic acids is 2. The van der Waals surface area contributed by atoms with Gasteiger partial charge in [-0.3, -0.25) is 19.7 Å². The van der Waals surface area contributed by atoms with Crippen LogP contribution in [-0.2, 0) is 9.53 Å². The van der Waals surface area contributed by atoms with Gasteiger partial charge in [-0.2, -0.15) is 0 Å². The molecule has 0 aliphatic carbocycles. The van der Waals surface area contributed by atoms with Crippen molar-refractivity contribution in [1.82, 2.24) is 4.90 Å². The van der Waals surface area contributed by atoms with Crippen molar-refractivity contribution in [2.75, 3.05) is 27.3 Å². The largest absolute Gasteiger partial charge is 0.490 e. The van der Waals surface area contributed by atoms with Crippen molar-refractivity contribution in [1.29, 1.82) is 0 Å². The third-order valence-electron chi connectivity index (χ3n) is 3.70. The van der Waals surface area contributed by atoms with Gasteiger partial charge in [0.1, 0.15) is 0 Å². The number of nitro benzene ring substituents is 1. The molecule has 1 aromatic carbocycles. The maximum atomic E-state index is 12.7. The van der Waals surface area contributed by atoms with Crippen LogP contribution in [0.4, 0.5) is 5.69 Å². The molecule has 1 rings (SSSR count). The maximum Gasteiger partial charge on any atom is 0.311 e. The monoisotopic (exact) mass is 352 g/mol. The summed E-state index contributed by atoms with van der Waals surface area (Å²) in [6, 6.07) is 4.07. The van der Waals surface area contributed by atoms with Crippen molar-refractivity contribution in [2.45, 2.75) is 26.7 Å². The Morgan fingerprint density at radius 3 is 2.44 bits per heavy atom. The molecule has 0 aromatic heterocycles. The predicted octanol–water partition coefficient (Wildman–Crippen LogP) is 2.65. The quantitative estimate of drug-likeness (QED) is 0.385. The number of amides is 1. The fourth-order valence-corrected chi connectivity index (χ4v) is 2.21. The average Bonchev–Trinajstić information content (AvgIpc) is 2.59. The van der Waals surface area contributed by atoms with E-state index >= 15 is 0 Å². The summed E-state index contributed by atoms with van der Waals surface area (Å²) in [6.45, 7) is 4.70. The summed E-state index contributed by atoms with van der Waals surface area (Å²) in [5.74, 6) is -0.318. The van der Waals surface area contributed by atoms with Crippen molar-refractivity contribution in [3.05, 3.63) is 33.9 Å². The minimum absolute atomic E-state index is 0.0680. The van der Waals surface area contributed by atoms with E-state index in [2.05, 4.69) is 4.74 Å². The number of methoxy groups -OCH3 is 2. The Labute approximate surface area is 146 Å². The SMILES string of the molecule is COC(=O)CCN(CCC(C)C)C(=O)c1ccc(OC)c([N+](=O)[O-])c1. The molecule has 25 heavy (non-hydrogen) atoms. The first-order chi connectivity index (χ1) is 11.8. The first-order valence-electron chi connectivity index (χ1n) is 7.98. The summed E-state index contributed by atoms with van der Waals surface area (Å²) >= 11 is 0. The Bertz CT molecular complexity index is 630. The fourth-order valence-electron chi connectivity index (χ4n) is 2.21. The summed E-state index contributed by atoms with van der Waals surface area (Å²) in [4.78, 5) is 36.2. The Hall–Kier alpha value is -2.64. The molecular formula is C17H24N2O6. The summed E-state index contributed by atoms with van der Waals surface area (Å²) in [6.07, 6.45) is 0.823. The van der Waals surface area contributed by atoms with Crippen LogP contribution < -0.4 is 4.74 Å². The van der Waals surface area contributed by atoms with Crippen LogP contribution in [0.5, 0.6) is 5.75 Å². The minimum Gasteiger partial charge on any atom is -0.490 e. The van der Waals surface area contributed by atoms with E-state index in [1.807, 2.05) is 13.8 Å². The van der Waals surface area contributed by atoms with Crippen molar-refractivity contribution < 1.29 is 24.0 Å². The number of ether oxygens (including phenoxy) is 2. The Morgan fingerprint density at radius 1 is 1.24 bits per heavy atom. The highest BCUT2D eigenvalue weighted by Gasteiger charge is 2.22. The van der Waals surface area contributed by atoms with Crippen LogP contribution in [0.2, 0.25) is 0 Å². The van der Waals surface area contributed by atoms with Gasteiger partial charge >= 0.3 is 11.7 Å². The predicted molar refractivity (Wildman–Crippen MR) is 91.6 cm³/mol. The van der Waals surface area contributed by atoms with Crippen LogP contribution >= 0.6 is 0 Å². The second-order valence-electron chi connectivity index (χ2n) is 5.94.